The van der Waals surface area contributed by atoms with Crippen molar-refractivity contribution in [2.24, 2.45) is 0 Å². The molecule has 0 fully saturated rings. The lowest BCUT2D eigenvalue weighted by Gasteiger charge is -2.13. The Kier molecular flexibility index (Phi) is 2.64. The highest BCUT2D eigenvalue weighted by Gasteiger charge is 2.28. The van der Waals surface area contributed by atoms with Crippen LogP contribution in [0.15, 0.2) is 59.1 Å². The van der Waals surface area contributed by atoms with Crippen molar-refractivity contribution in [3.63, 3.8) is 0 Å². The number of halogens is 1. The SMILES string of the molecule is CC1=C(Br)C(c2ccccc2)c2ccccc21. The van der Waals surface area contributed by atoms with Crippen LogP contribution in [0.2, 0.25) is 0 Å². The van der Waals surface area contributed by atoms with E-state index in [0.29, 0.717) is 5.92 Å². The number of rotatable bonds is 1. The van der Waals surface area contributed by atoms with Gasteiger partial charge in [-0.25, -0.2) is 0 Å². The Balaban J connectivity index is 2.20. The van der Waals surface area contributed by atoms with Crippen molar-refractivity contribution in [1.82, 2.24) is 0 Å². The van der Waals surface area contributed by atoms with E-state index in [0.717, 1.165) is 0 Å². The molecule has 84 valence electrons. The predicted molar refractivity (Wildman–Crippen MR) is 76.2 cm³/mol. The van der Waals surface area contributed by atoms with Crippen LogP contribution in [-0.4, -0.2) is 0 Å². The molecule has 2 aromatic rings. The second kappa shape index (κ2) is 4.15. The lowest BCUT2D eigenvalue weighted by Crippen LogP contribution is -1.97. The molecule has 1 unspecified atom stereocenters. The van der Waals surface area contributed by atoms with Crippen molar-refractivity contribution in [2.75, 3.05) is 0 Å². The Hall–Kier alpha value is -1.34. The van der Waals surface area contributed by atoms with Gasteiger partial charge in [-0.05, 0) is 29.2 Å². The van der Waals surface area contributed by atoms with E-state index in [9.17, 15) is 0 Å². The van der Waals surface area contributed by atoms with E-state index in [-0.39, 0.29) is 0 Å². The summed E-state index contributed by atoms with van der Waals surface area (Å²) in [6, 6.07) is 19.3. The van der Waals surface area contributed by atoms with Gasteiger partial charge in [-0.1, -0.05) is 70.5 Å². The van der Waals surface area contributed by atoms with E-state index in [1.807, 2.05) is 0 Å². The molecule has 0 amide bonds. The molecule has 0 heterocycles. The Morgan fingerprint density at radius 3 is 2.29 bits per heavy atom. The fourth-order valence-corrected chi connectivity index (χ4v) is 3.27. The molecule has 3 rings (SSSR count). The van der Waals surface area contributed by atoms with Gasteiger partial charge in [0.05, 0.1) is 0 Å². The monoisotopic (exact) mass is 284 g/mol. The highest BCUT2D eigenvalue weighted by atomic mass is 79.9. The van der Waals surface area contributed by atoms with Crippen LogP contribution in [0.25, 0.3) is 5.57 Å². The molecule has 0 radical (unpaired) electrons. The maximum atomic E-state index is 3.77. The smallest absolute Gasteiger partial charge is 0.0414 e. The minimum Gasteiger partial charge on any atom is -0.0622 e. The second-order valence-electron chi connectivity index (χ2n) is 4.40. The first-order valence-corrected chi connectivity index (χ1v) is 6.59. The van der Waals surface area contributed by atoms with Crippen molar-refractivity contribution in [2.45, 2.75) is 12.8 Å². The fourth-order valence-electron chi connectivity index (χ4n) is 2.54. The Morgan fingerprint density at radius 2 is 1.53 bits per heavy atom. The van der Waals surface area contributed by atoms with Gasteiger partial charge in [0.2, 0.25) is 0 Å². The van der Waals surface area contributed by atoms with Crippen LogP contribution in [0.1, 0.15) is 29.5 Å². The van der Waals surface area contributed by atoms with Crippen LogP contribution in [-0.2, 0) is 0 Å². The first-order chi connectivity index (χ1) is 8.29. The van der Waals surface area contributed by atoms with E-state index < -0.39 is 0 Å². The van der Waals surface area contributed by atoms with Crippen LogP contribution in [0.4, 0.5) is 0 Å². The van der Waals surface area contributed by atoms with Gasteiger partial charge in [0.25, 0.3) is 0 Å². The van der Waals surface area contributed by atoms with Gasteiger partial charge in [-0.3, -0.25) is 0 Å². The van der Waals surface area contributed by atoms with Crippen molar-refractivity contribution in [3.05, 3.63) is 75.8 Å². The summed E-state index contributed by atoms with van der Waals surface area (Å²) < 4.78 is 1.30. The van der Waals surface area contributed by atoms with Gasteiger partial charge in [0.15, 0.2) is 0 Å². The third kappa shape index (κ3) is 1.66. The fraction of sp³-hybridized carbons (Fsp3) is 0.125. The van der Waals surface area contributed by atoms with E-state index >= 15 is 0 Å². The highest BCUT2D eigenvalue weighted by molar-refractivity contribution is 9.11. The molecular weight excluding hydrogens is 272 g/mol. The summed E-state index contributed by atoms with van der Waals surface area (Å²) in [5, 5.41) is 0. The summed E-state index contributed by atoms with van der Waals surface area (Å²) in [4.78, 5) is 0. The second-order valence-corrected chi connectivity index (χ2v) is 5.26. The lowest BCUT2D eigenvalue weighted by atomic mass is 9.93. The van der Waals surface area contributed by atoms with E-state index in [2.05, 4.69) is 77.5 Å². The molecule has 2 aromatic carbocycles. The minimum atomic E-state index is 0.368. The quantitative estimate of drug-likeness (QED) is 0.694. The zero-order chi connectivity index (χ0) is 11.8. The average molecular weight is 285 g/mol. The molecule has 0 aromatic heterocycles. The normalized spacial score (nSPS) is 18.4. The van der Waals surface area contributed by atoms with Crippen molar-refractivity contribution in [1.29, 1.82) is 0 Å². The summed E-state index contributed by atoms with van der Waals surface area (Å²) in [7, 11) is 0. The van der Waals surface area contributed by atoms with Crippen LogP contribution in [0, 0.1) is 0 Å². The zero-order valence-electron chi connectivity index (χ0n) is 9.65. The van der Waals surface area contributed by atoms with Crippen molar-refractivity contribution in [3.8, 4) is 0 Å². The largest absolute Gasteiger partial charge is 0.0622 e. The third-order valence-corrected chi connectivity index (χ3v) is 4.47. The Bertz CT molecular complexity index is 581. The molecule has 1 aliphatic carbocycles. The van der Waals surface area contributed by atoms with Gasteiger partial charge in [-0.2, -0.15) is 0 Å². The van der Waals surface area contributed by atoms with Crippen molar-refractivity contribution < 1.29 is 0 Å². The molecule has 0 N–H and O–H groups in total. The molecule has 0 spiro atoms. The molecule has 0 aliphatic heterocycles. The van der Waals surface area contributed by atoms with Gasteiger partial charge < -0.3 is 0 Å². The lowest BCUT2D eigenvalue weighted by molar-refractivity contribution is 1.04. The molecule has 1 atom stereocenters. The van der Waals surface area contributed by atoms with Crippen LogP contribution >= 0.6 is 15.9 Å². The summed E-state index contributed by atoms with van der Waals surface area (Å²) in [5.41, 5.74) is 5.48. The molecule has 0 bridgehead atoms. The number of allylic oxidation sites excluding steroid dienone is 2. The first-order valence-electron chi connectivity index (χ1n) is 5.79. The van der Waals surface area contributed by atoms with Crippen molar-refractivity contribution >= 4 is 21.5 Å². The van der Waals surface area contributed by atoms with Gasteiger partial charge in [-0.15, -0.1) is 0 Å². The molecular formula is C16H13Br. The summed E-state index contributed by atoms with van der Waals surface area (Å²) in [6.45, 7) is 2.19. The molecule has 1 aliphatic rings. The maximum absolute atomic E-state index is 3.77. The molecule has 0 saturated heterocycles. The predicted octanol–water partition coefficient (Wildman–Crippen LogP) is 4.96. The van der Waals surface area contributed by atoms with Crippen LogP contribution in [0.5, 0.6) is 0 Å². The number of fused-ring (bicyclic) bond motifs is 1. The van der Waals surface area contributed by atoms with E-state index in [1.165, 1.54) is 26.7 Å². The number of hydrogen-bond donors (Lipinski definition) is 0. The molecule has 0 nitrogen and oxygen atoms in total. The van der Waals surface area contributed by atoms with Crippen LogP contribution in [0.3, 0.4) is 0 Å². The maximum Gasteiger partial charge on any atom is 0.0414 e. The minimum absolute atomic E-state index is 0.368. The third-order valence-electron chi connectivity index (χ3n) is 3.42. The molecule has 17 heavy (non-hydrogen) atoms. The first kappa shape index (κ1) is 10.8. The van der Waals surface area contributed by atoms with Crippen LogP contribution < -0.4 is 0 Å². The summed E-state index contributed by atoms with van der Waals surface area (Å²) >= 11 is 3.77. The number of hydrogen-bond acceptors (Lipinski definition) is 0. The van der Waals surface area contributed by atoms with E-state index in [4.69, 9.17) is 0 Å². The average Bonchev–Trinajstić information content (AvgIpc) is 2.64. The summed E-state index contributed by atoms with van der Waals surface area (Å²) in [5.74, 6) is 0.368. The zero-order valence-corrected chi connectivity index (χ0v) is 11.2. The topological polar surface area (TPSA) is 0 Å². The van der Waals surface area contributed by atoms with E-state index in [1.54, 1.807) is 0 Å². The van der Waals surface area contributed by atoms with Gasteiger partial charge in [0.1, 0.15) is 0 Å². The molecule has 1 heteroatoms. The van der Waals surface area contributed by atoms with Gasteiger partial charge >= 0.3 is 0 Å². The number of benzene rings is 2. The Labute approximate surface area is 110 Å². The molecule has 0 saturated carbocycles. The Morgan fingerprint density at radius 1 is 0.882 bits per heavy atom. The highest BCUT2D eigenvalue weighted by Crippen LogP contribution is 2.47. The summed E-state index contributed by atoms with van der Waals surface area (Å²) in [6.07, 6.45) is 0. The van der Waals surface area contributed by atoms with Gasteiger partial charge in [0, 0.05) is 10.4 Å². The standard InChI is InChI=1S/C16H13Br/c1-11-13-9-5-6-10-14(13)15(16(11)17)12-7-3-2-4-8-12/h2-10,15H,1H3.